The van der Waals surface area contributed by atoms with Crippen molar-refractivity contribution < 1.29 is 70.6 Å². The Morgan fingerprint density at radius 2 is 1.79 bits per heavy atom. The number of phosphoric acid groups is 3. The van der Waals surface area contributed by atoms with E-state index in [-0.39, 0.29) is 60.7 Å². The second kappa shape index (κ2) is 21.2. The van der Waals surface area contributed by atoms with Crippen LogP contribution in [-0.2, 0) is 41.2 Å². The molecule has 0 radical (unpaired) electrons. The lowest BCUT2D eigenvalue weighted by Gasteiger charge is -2.19. The maximum Gasteiger partial charge on any atom is 0.490 e. The topological polar surface area (TPSA) is 350 Å². The lowest BCUT2D eigenvalue weighted by atomic mass is 10.0. The molecule has 0 spiro atoms. The van der Waals surface area contributed by atoms with Gasteiger partial charge in [-0.1, -0.05) is 39.8 Å². The molecule has 3 saturated heterocycles. The lowest BCUT2D eigenvalue weighted by molar-refractivity contribution is -0.121. The third-order valence-corrected chi connectivity index (χ3v) is 15.7. The van der Waals surface area contributed by atoms with E-state index in [1.54, 1.807) is 0 Å². The highest BCUT2D eigenvalue weighted by Gasteiger charge is 2.44. The Bertz CT molecular complexity index is 1850. The molecule has 11 N–H and O–H groups in total. The maximum atomic E-state index is 12.5. The highest BCUT2D eigenvalue weighted by molar-refractivity contribution is 8.76. The molecule has 3 aliphatic rings. The van der Waals surface area contributed by atoms with Gasteiger partial charge in [-0.05, 0) is 12.8 Å². The second-order valence-electron chi connectivity index (χ2n) is 12.2. The predicted molar refractivity (Wildman–Crippen MR) is 204 cm³/mol. The largest absolute Gasteiger partial charge is 0.490 e. The van der Waals surface area contributed by atoms with E-state index in [4.69, 9.17) is 20.3 Å². The number of nitrogens with one attached hydrogen (secondary N) is 4. The van der Waals surface area contributed by atoms with Gasteiger partial charge in [0, 0.05) is 54.5 Å². The number of hydrogen-bond donors (Lipinski definition) is 10. The number of nitrogen functional groups attached to an aromatic ring is 1. The van der Waals surface area contributed by atoms with E-state index in [1.807, 2.05) is 11.8 Å². The fraction of sp³-hybridized carbons (Fsp3) is 0.667. The number of nitrogens with two attached hydrogens (primary N) is 1. The Balaban J connectivity index is 1.08. The molecule has 2 unspecified atom stereocenters. The first-order valence-corrected chi connectivity index (χ1v) is 24.8. The number of phosphoric ester groups is 1. The first-order chi connectivity index (χ1) is 26.3. The average Bonchev–Trinajstić information content (AvgIpc) is 3.76. The summed E-state index contributed by atoms with van der Waals surface area (Å²) in [5.74, 6) is 6.98. The zero-order valence-electron chi connectivity index (χ0n) is 29.3. The van der Waals surface area contributed by atoms with Gasteiger partial charge in [-0.3, -0.25) is 18.7 Å². The summed E-state index contributed by atoms with van der Waals surface area (Å²) >= 11 is 1.85. The molecular weight excluding hydrogens is 867 g/mol. The SMILES string of the molecule is Nc1nc(=O)n([C@H]2C[C@H](O)[C@@H](COP(=O)(O)OP(=O)(O)OP(=O)(O)O)O2)cc1C#CCNC(=O)CCSSCCNC(=O)CCCC[C@@H]1SC[C@@H]2NC(=O)N[C@@H]21. The van der Waals surface area contributed by atoms with Gasteiger partial charge in [0.05, 0.1) is 36.9 Å². The Hall–Kier alpha value is -2.17. The van der Waals surface area contributed by atoms with E-state index >= 15 is 0 Å². The fourth-order valence-electron chi connectivity index (χ4n) is 5.51. The Morgan fingerprint density at radius 1 is 1.05 bits per heavy atom. The minimum absolute atomic E-state index is 0.00634. The summed E-state index contributed by atoms with van der Waals surface area (Å²) in [6, 6.07) is 0.255. The third kappa shape index (κ3) is 15.5. The number of carbonyl (C=O) groups excluding carboxylic acids is 3. The number of fused-ring (bicyclic) bond motifs is 1. The van der Waals surface area contributed by atoms with Gasteiger partial charge in [0.2, 0.25) is 11.8 Å². The van der Waals surface area contributed by atoms with Crippen LogP contribution in [-0.4, -0.2) is 119 Å². The Kier molecular flexibility index (Phi) is 17.6. The zero-order chi connectivity index (χ0) is 41.1. The first-order valence-electron chi connectivity index (χ1n) is 16.8. The summed E-state index contributed by atoms with van der Waals surface area (Å²) in [6.07, 6.45) is 0.243. The minimum Gasteiger partial charge on any atom is -0.390 e. The first kappa shape index (κ1) is 46.5. The monoisotopic (exact) mass is 909 g/mol. The molecule has 4 heterocycles. The molecule has 4 amide bonds. The average molecular weight is 910 g/mol. The number of aliphatic hydroxyl groups is 1. The van der Waals surface area contributed by atoms with Crippen LogP contribution in [0.5, 0.6) is 0 Å². The number of hydrogen-bond acceptors (Lipinski definition) is 17. The summed E-state index contributed by atoms with van der Waals surface area (Å²) < 4.78 is 52.5. The van der Waals surface area contributed by atoms with Crippen LogP contribution in [0.25, 0.3) is 0 Å². The van der Waals surface area contributed by atoms with E-state index in [2.05, 4.69) is 51.2 Å². The van der Waals surface area contributed by atoms with Gasteiger partial charge in [0.25, 0.3) is 0 Å². The molecule has 1 aromatic heterocycles. The van der Waals surface area contributed by atoms with Crippen molar-refractivity contribution in [2.24, 2.45) is 0 Å². The van der Waals surface area contributed by atoms with Crippen LogP contribution in [0.2, 0.25) is 0 Å². The molecule has 0 bridgehead atoms. The molecule has 3 aliphatic heterocycles. The number of rotatable bonds is 21. The Morgan fingerprint density at radius 3 is 2.54 bits per heavy atom. The van der Waals surface area contributed by atoms with Crippen molar-refractivity contribution in [3.05, 3.63) is 22.2 Å². The van der Waals surface area contributed by atoms with Crippen molar-refractivity contribution >= 4 is 80.5 Å². The van der Waals surface area contributed by atoms with Gasteiger partial charge in [0.15, 0.2) is 0 Å². The van der Waals surface area contributed by atoms with Crippen LogP contribution >= 0.6 is 56.8 Å². The van der Waals surface area contributed by atoms with Crippen molar-refractivity contribution in [1.82, 2.24) is 30.8 Å². The molecule has 1 aromatic rings. The molecule has 29 heteroatoms. The molecule has 314 valence electrons. The molecule has 0 aliphatic carbocycles. The number of amides is 4. The standard InChI is InChI=1S/C27H42N7O16P3S3/c28-25-16(13-34(27(39)33-25)23-12-18(35)19(48-23)14-47-52(43,44)50-53(45,46)49-51(40,41)42)4-3-8-29-22(37)7-10-55-56-11-9-30-21(36)6-2-1-5-20-24-17(15-54-20)31-26(38)32-24/h13,17-20,23-24,35H,1-2,5-12,14-15H2,(H,29,37)(H,30,36)(H,43,44)(H,45,46)(H2,28,33,39)(H2,31,32,38)(H2,40,41,42)/t17-,18-,19+,20-,23+,24-/m0/s1. The summed E-state index contributed by atoms with van der Waals surface area (Å²) in [5, 5.41) is 22.2. The van der Waals surface area contributed by atoms with E-state index < -0.39 is 54.2 Å². The molecule has 56 heavy (non-hydrogen) atoms. The van der Waals surface area contributed by atoms with E-state index in [9.17, 15) is 47.8 Å². The lowest BCUT2D eigenvalue weighted by Crippen LogP contribution is -2.36. The molecule has 0 saturated carbocycles. The van der Waals surface area contributed by atoms with Crippen LogP contribution in [0.4, 0.5) is 10.6 Å². The number of ether oxygens (including phenoxy) is 1. The molecule has 0 aromatic carbocycles. The number of carbonyl (C=O) groups is 3. The highest BCUT2D eigenvalue weighted by Crippen LogP contribution is 2.66. The quantitative estimate of drug-likeness (QED) is 0.0253. The minimum atomic E-state index is -5.75. The van der Waals surface area contributed by atoms with Gasteiger partial charge in [-0.2, -0.15) is 25.4 Å². The predicted octanol–water partition coefficient (Wildman–Crippen LogP) is -0.102. The van der Waals surface area contributed by atoms with Crippen molar-refractivity contribution in [3.8, 4) is 11.8 Å². The Labute approximate surface area is 331 Å². The van der Waals surface area contributed by atoms with Crippen LogP contribution in [0.3, 0.4) is 0 Å². The highest BCUT2D eigenvalue weighted by atomic mass is 33.1. The summed E-state index contributed by atoms with van der Waals surface area (Å²) in [5.41, 5.74) is 5.01. The second-order valence-corrected chi connectivity index (χ2v) is 20.6. The van der Waals surface area contributed by atoms with E-state index in [0.29, 0.717) is 29.7 Å². The molecular formula is C27H42N7O16P3S3. The van der Waals surface area contributed by atoms with Crippen molar-refractivity contribution in [3.63, 3.8) is 0 Å². The summed E-state index contributed by atoms with van der Waals surface area (Å²) in [7, 11) is -13.8. The number of urea groups is 1. The number of aliphatic hydroxyl groups excluding tert-OH is 1. The van der Waals surface area contributed by atoms with Gasteiger partial charge < -0.3 is 56.4 Å². The van der Waals surface area contributed by atoms with E-state index in [0.717, 1.165) is 29.6 Å². The maximum absolute atomic E-state index is 12.5. The van der Waals surface area contributed by atoms with Gasteiger partial charge >= 0.3 is 35.2 Å². The summed E-state index contributed by atoms with van der Waals surface area (Å²) in [6.45, 7) is -0.491. The molecule has 3 fully saturated rings. The number of unbranched alkanes of at least 4 members (excludes halogenated alkanes) is 1. The van der Waals surface area contributed by atoms with Crippen molar-refractivity contribution in [1.29, 1.82) is 0 Å². The van der Waals surface area contributed by atoms with Crippen molar-refractivity contribution in [2.45, 2.75) is 74.3 Å². The number of aromatic nitrogens is 2. The van der Waals surface area contributed by atoms with Gasteiger partial charge in [-0.15, -0.1) is 0 Å². The molecule has 8 atom stereocenters. The van der Waals surface area contributed by atoms with Crippen LogP contribution in [0.1, 0.15) is 50.3 Å². The fourth-order valence-corrected chi connectivity index (χ4v) is 12.0. The van der Waals surface area contributed by atoms with Crippen LogP contribution in [0, 0.1) is 11.8 Å². The zero-order valence-corrected chi connectivity index (χ0v) is 34.4. The normalized spacial score (nSPS) is 25.2. The number of nitrogens with zero attached hydrogens (tertiary/aromatic N) is 2. The van der Waals surface area contributed by atoms with Crippen LogP contribution < -0.4 is 32.7 Å². The summed E-state index contributed by atoms with van der Waals surface area (Å²) in [4.78, 5) is 88.2. The van der Waals surface area contributed by atoms with E-state index in [1.165, 1.54) is 27.8 Å². The smallest absolute Gasteiger partial charge is 0.390 e. The van der Waals surface area contributed by atoms with Crippen LogP contribution in [0.15, 0.2) is 11.0 Å². The van der Waals surface area contributed by atoms with Gasteiger partial charge in [-0.25, -0.2) is 23.3 Å². The van der Waals surface area contributed by atoms with Crippen molar-refractivity contribution in [2.75, 3.05) is 42.7 Å². The van der Waals surface area contributed by atoms with Gasteiger partial charge in [0.1, 0.15) is 18.1 Å². The number of thioether (sulfide) groups is 1. The molecule has 23 nitrogen and oxygen atoms in total. The number of anilines is 1. The molecule has 4 rings (SSSR count). The third-order valence-electron chi connectivity index (χ3n) is 7.99.